The lowest BCUT2D eigenvalue weighted by molar-refractivity contribution is -0.136. The summed E-state index contributed by atoms with van der Waals surface area (Å²) in [4.78, 5) is 21.4. The van der Waals surface area contributed by atoms with Crippen LogP contribution in [0.25, 0.3) is 10.7 Å². The monoisotopic (exact) mass is 379 g/mol. The predicted molar refractivity (Wildman–Crippen MR) is 110 cm³/mol. The normalized spacial score (nSPS) is 10.6. The number of thiophene rings is 1. The Morgan fingerprint density at radius 1 is 1.26 bits per heavy atom. The maximum atomic E-state index is 10.8. The molecule has 0 saturated carbocycles. The van der Waals surface area contributed by atoms with Crippen LogP contribution in [0.4, 0.5) is 11.5 Å². The van der Waals surface area contributed by atoms with Crippen LogP contribution in [0.2, 0.25) is 0 Å². The maximum Gasteiger partial charge on any atom is 0.307 e. The number of rotatable bonds is 8. The Balaban J connectivity index is 1.97. The highest BCUT2D eigenvalue weighted by molar-refractivity contribution is 7.13. The summed E-state index contributed by atoms with van der Waals surface area (Å²) >= 11 is 1.61. The number of anilines is 2. The summed E-state index contributed by atoms with van der Waals surface area (Å²) in [5.74, 6) is 0.628. The van der Waals surface area contributed by atoms with Crippen molar-refractivity contribution in [2.45, 2.75) is 26.2 Å². The molecule has 6 heteroatoms. The fourth-order valence-corrected chi connectivity index (χ4v) is 3.48. The number of hydrogen-bond donors (Lipinski definition) is 2. The summed E-state index contributed by atoms with van der Waals surface area (Å²) < 4.78 is 0. The first-order valence-electron chi connectivity index (χ1n) is 8.73. The molecule has 3 rings (SSSR count). The molecule has 0 unspecified atom stereocenters. The van der Waals surface area contributed by atoms with Crippen LogP contribution in [-0.4, -0.2) is 21.0 Å². The summed E-state index contributed by atoms with van der Waals surface area (Å²) in [6.07, 6.45) is 3.34. The number of aromatic nitrogens is 2. The highest BCUT2D eigenvalue weighted by Gasteiger charge is 2.14. The lowest BCUT2D eigenvalue weighted by Gasteiger charge is -2.15. The Labute approximate surface area is 162 Å². The van der Waals surface area contributed by atoms with Gasteiger partial charge in [0, 0.05) is 16.9 Å². The van der Waals surface area contributed by atoms with Gasteiger partial charge in [-0.05, 0) is 42.0 Å². The van der Waals surface area contributed by atoms with Gasteiger partial charge in [0.2, 0.25) is 0 Å². The molecule has 0 aliphatic carbocycles. The molecule has 0 atom stereocenters. The molecule has 0 fully saturated rings. The second-order valence-corrected chi connectivity index (χ2v) is 6.98. The number of allylic oxidation sites excluding steroid dienone is 1. The number of aliphatic carboxylic acids is 1. The molecular weight excluding hydrogens is 358 g/mol. The van der Waals surface area contributed by atoms with Crippen molar-refractivity contribution >= 4 is 28.8 Å². The van der Waals surface area contributed by atoms with E-state index in [4.69, 9.17) is 15.1 Å². The third-order valence-corrected chi connectivity index (χ3v) is 4.96. The number of carboxylic acids is 1. The quantitative estimate of drug-likeness (QED) is 0.546. The Morgan fingerprint density at radius 3 is 2.63 bits per heavy atom. The molecule has 0 radical (unpaired) electrons. The largest absolute Gasteiger partial charge is 0.481 e. The maximum absolute atomic E-state index is 10.8. The molecule has 2 N–H and O–H groups in total. The van der Waals surface area contributed by atoms with Gasteiger partial charge in [-0.15, -0.1) is 17.9 Å². The lowest BCUT2D eigenvalue weighted by Crippen LogP contribution is -2.07. The second kappa shape index (κ2) is 8.60. The fraction of sp³-hybridized carbons (Fsp3) is 0.190. The SMILES string of the molecule is C=CCc1c(CC)nc(-c2cccs2)nc1Nc1ccc(CC(=O)O)cc1. The average Bonchev–Trinajstić information content (AvgIpc) is 3.19. The summed E-state index contributed by atoms with van der Waals surface area (Å²) in [5, 5.41) is 14.3. The van der Waals surface area contributed by atoms with Crippen LogP contribution >= 0.6 is 11.3 Å². The summed E-state index contributed by atoms with van der Waals surface area (Å²) in [7, 11) is 0. The number of nitrogens with one attached hydrogen (secondary N) is 1. The molecule has 3 aromatic rings. The third kappa shape index (κ3) is 4.60. The van der Waals surface area contributed by atoms with Gasteiger partial charge >= 0.3 is 5.97 Å². The van der Waals surface area contributed by atoms with Crippen LogP contribution < -0.4 is 5.32 Å². The van der Waals surface area contributed by atoms with Crippen molar-refractivity contribution in [3.63, 3.8) is 0 Å². The van der Waals surface area contributed by atoms with Gasteiger partial charge < -0.3 is 10.4 Å². The van der Waals surface area contributed by atoms with E-state index in [9.17, 15) is 4.79 Å². The van der Waals surface area contributed by atoms with Crippen molar-refractivity contribution in [3.05, 3.63) is 71.3 Å². The van der Waals surface area contributed by atoms with Gasteiger partial charge in [-0.1, -0.05) is 31.2 Å². The smallest absolute Gasteiger partial charge is 0.307 e. The topological polar surface area (TPSA) is 75.1 Å². The van der Waals surface area contributed by atoms with Gasteiger partial charge in [0.15, 0.2) is 5.82 Å². The first-order chi connectivity index (χ1) is 13.1. The minimum Gasteiger partial charge on any atom is -0.481 e. The predicted octanol–water partition coefficient (Wildman–Crippen LogP) is 4.87. The van der Waals surface area contributed by atoms with Gasteiger partial charge in [0.25, 0.3) is 0 Å². The molecule has 2 aromatic heterocycles. The van der Waals surface area contributed by atoms with Crippen molar-refractivity contribution in [1.29, 1.82) is 0 Å². The number of nitrogens with zero attached hydrogens (tertiary/aromatic N) is 2. The summed E-state index contributed by atoms with van der Waals surface area (Å²) in [5.41, 5.74) is 3.64. The van der Waals surface area contributed by atoms with E-state index in [2.05, 4.69) is 18.8 Å². The Bertz CT molecular complexity index is 935. The molecule has 0 aliphatic heterocycles. The molecule has 0 bridgehead atoms. The minimum absolute atomic E-state index is 0.0119. The van der Waals surface area contributed by atoms with E-state index < -0.39 is 5.97 Å². The average molecular weight is 379 g/mol. The third-order valence-electron chi connectivity index (χ3n) is 4.09. The molecule has 1 aromatic carbocycles. The molecular formula is C21H21N3O2S. The van der Waals surface area contributed by atoms with Crippen molar-refractivity contribution in [2.75, 3.05) is 5.32 Å². The van der Waals surface area contributed by atoms with Gasteiger partial charge in [-0.3, -0.25) is 4.79 Å². The first-order valence-corrected chi connectivity index (χ1v) is 9.61. The van der Waals surface area contributed by atoms with E-state index in [1.165, 1.54) is 0 Å². The van der Waals surface area contributed by atoms with Crippen molar-refractivity contribution in [3.8, 4) is 10.7 Å². The Kier molecular flexibility index (Phi) is 5.98. The molecule has 138 valence electrons. The molecule has 0 aliphatic rings. The van der Waals surface area contributed by atoms with Crippen molar-refractivity contribution in [1.82, 2.24) is 9.97 Å². The number of benzene rings is 1. The van der Waals surface area contributed by atoms with Crippen LogP contribution in [0.3, 0.4) is 0 Å². The standard InChI is InChI=1S/C21H21N3O2S/c1-3-6-16-17(4-2)23-21(18-7-5-12-27-18)24-20(16)22-15-10-8-14(9-11-15)13-19(25)26/h3,5,7-12H,1,4,6,13H2,2H3,(H,25,26)(H,22,23,24). The van der Waals surface area contributed by atoms with Crippen LogP contribution in [0.1, 0.15) is 23.7 Å². The summed E-state index contributed by atoms with van der Waals surface area (Å²) in [6.45, 7) is 5.94. The van der Waals surface area contributed by atoms with Crippen molar-refractivity contribution < 1.29 is 9.90 Å². The highest BCUT2D eigenvalue weighted by atomic mass is 32.1. The number of carbonyl (C=O) groups is 1. The second-order valence-electron chi connectivity index (χ2n) is 6.04. The van der Waals surface area contributed by atoms with E-state index in [1.807, 2.05) is 47.9 Å². The number of hydrogen-bond acceptors (Lipinski definition) is 5. The zero-order chi connectivity index (χ0) is 19.2. The molecule has 5 nitrogen and oxygen atoms in total. The van der Waals surface area contributed by atoms with E-state index in [0.29, 0.717) is 12.2 Å². The van der Waals surface area contributed by atoms with Gasteiger partial charge in [-0.2, -0.15) is 0 Å². The highest BCUT2D eigenvalue weighted by Crippen LogP contribution is 2.28. The zero-order valence-electron chi connectivity index (χ0n) is 15.1. The zero-order valence-corrected chi connectivity index (χ0v) is 15.9. The minimum atomic E-state index is -0.840. The van der Waals surface area contributed by atoms with Crippen LogP contribution in [-0.2, 0) is 24.1 Å². The Hall–Kier alpha value is -2.99. The number of carboxylic acid groups (broad SMARTS) is 1. The van der Waals surface area contributed by atoms with Crippen LogP contribution in [0.5, 0.6) is 0 Å². The first kappa shape index (κ1) is 18.8. The van der Waals surface area contributed by atoms with Gasteiger partial charge in [-0.25, -0.2) is 9.97 Å². The van der Waals surface area contributed by atoms with Gasteiger partial charge in [0.1, 0.15) is 5.82 Å². The van der Waals surface area contributed by atoms with Gasteiger partial charge in [0.05, 0.1) is 11.3 Å². The summed E-state index contributed by atoms with van der Waals surface area (Å²) in [6, 6.07) is 11.4. The Morgan fingerprint density at radius 2 is 2.04 bits per heavy atom. The lowest BCUT2D eigenvalue weighted by atomic mass is 10.1. The van der Waals surface area contributed by atoms with Crippen LogP contribution in [0.15, 0.2) is 54.4 Å². The van der Waals surface area contributed by atoms with E-state index in [1.54, 1.807) is 11.3 Å². The molecule has 0 spiro atoms. The van der Waals surface area contributed by atoms with Crippen molar-refractivity contribution in [2.24, 2.45) is 0 Å². The molecule has 0 amide bonds. The van der Waals surface area contributed by atoms with E-state index in [0.717, 1.165) is 39.6 Å². The number of aryl methyl sites for hydroxylation is 1. The van der Waals surface area contributed by atoms with E-state index >= 15 is 0 Å². The molecule has 0 saturated heterocycles. The van der Waals surface area contributed by atoms with Crippen LogP contribution in [0, 0.1) is 0 Å². The van der Waals surface area contributed by atoms with E-state index in [-0.39, 0.29) is 6.42 Å². The molecule has 27 heavy (non-hydrogen) atoms. The fourth-order valence-electron chi connectivity index (χ4n) is 2.82. The molecule has 2 heterocycles.